The van der Waals surface area contributed by atoms with Gasteiger partial charge in [0.1, 0.15) is 4.90 Å². The van der Waals surface area contributed by atoms with Gasteiger partial charge in [-0.05, 0) is 55.1 Å². The third-order valence-corrected chi connectivity index (χ3v) is 6.83. The number of pyridine rings is 1. The van der Waals surface area contributed by atoms with Crippen molar-refractivity contribution in [2.24, 2.45) is 0 Å². The van der Waals surface area contributed by atoms with E-state index >= 15 is 0 Å². The first-order valence-corrected chi connectivity index (χ1v) is 11.3. The molecule has 2 heterocycles. The van der Waals surface area contributed by atoms with E-state index in [9.17, 15) is 8.42 Å². The number of nitrogens with one attached hydrogen (secondary N) is 2. The first-order chi connectivity index (χ1) is 14.4. The summed E-state index contributed by atoms with van der Waals surface area (Å²) in [4.78, 5) is 4.07. The highest BCUT2D eigenvalue weighted by Gasteiger charge is 2.21. The van der Waals surface area contributed by atoms with Gasteiger partial charge in [0, 0.05) is 41.2 Å². The van der Waals surface area contributed by atoms with Crippen molar-refractivity contribution in [1.82, 2.24) is 14.3 Å². The van der Waals surface area contributed by atoms with Gasteiger partial charge in [0.05, 0.1) is 16.2 Å². The molecule has 0 aliphatic carbocycles. The van der Waals surface area contributed by atoms with Crippen molar-refractivity contribution in [1.29, 1.82) is 0 Å². The lowest BCUT2D eigenvalue weighted by atomic mass is 10.1. The van der Waals surface area contributed by atoms with Crippen LogP contribution in [0.25, 0.3) is 10.9 Å². The Bertz CT molecular complexity index is 1330. The van der Waals surface area contributed by atoms with E-state index in [4.69, 9.17) is 23.2 Å². The maximum absolute atomic E-state index is 13.3. The maximum atomic E-state index is 13.3. The van der Waals surface area contributed by atoms with Crippen LogP contribution in [0.5, 0.6) is 0 Å². The number of nitrogens with zero attached hydrogens (tertiary/aromatic N) is 2. The van der Waals surface area contributed by atoms with Crippen LogP contribution < -0.4 is 10.6 Å². The Labute approximate surface area is 196 Å². The normalized spacial score (nSPS) is 11.3. The molecule has 10 heteroatoms. The Balaban J connectivity index is 0.00000272. The van der Waals surface area contributed by atoms with Gasteiger partial charge in [-0.3, -0.25) is 4.98 Å². The largest absolute Gasteiger partial charge is 0.354 e. The number of hydrogen-bond donors (Lipinski definition) is 2. The highest BCUT2D eigenvalue weighted by atomic mass is 35.5. The molecule has 0 spiro atoms. The quantitative estimate of drug-likeness (QED) is 0.370. The number of fused-ring (bicyclic) bond motifs is 1. The minimum Gasteiger partial charge on any atom is -0.354 e. The van der Waals surface area contributed by atoms with E-state index in [0.717, 1.165) is 10.9 Å². The number of rotatable bonds is 6. The summed E-state index contributed by atoms with van der Waals surface area (Å²) in [5.74, 6) is 0. The minimum absolute atomic E-state index is 0. The van der Waals surface area contributed by atoms with E-state index in [-0.39, 0.29) is 17.3 Å². The summed E-state index contributed by atoms with van der Waals surface area (Å²) in [5, 5.41) is 8.15. The van der Waals surface area contributed by atoms with Gasteiger partial charge in [0.15, 0.2) is 0 Å². The maximum Gasteiger partial charge on any atom is 0.269 e. The molecule has 4 rings (SSSR count). The molecule has 0 amide bonds. The highest BCUT2D eigenvalue weighted by molar-refractivity contribution is 7.90. The van der Waals surface area contributed by atoms with Crippen molar-refractivity contribution in [3.8, 4) is 0 Å². The summed E-state index contributed by atoms with van der Waals surface area (Å²) in [6, 6.07) is 13.8. The summed E-state index contributed by atoms with van der Waals surface area (Å²) >= 11 is 12.2. The van der Waals surface area contributed by atoms with E-state index in [2.05, 4.69) is 15.6 Å². The topological polar surface area (TPSA) is 76.0 Å². The molecular weight excluding hydrogens is 479 g/mol. The Morgan fingerprint density at radius 3 is 2.58 bits per heavy atom. The molecule has 0 aliphatic rings. The summed E-state index contributed by atoms with van der Waals surface area (Å²) < 4.78 is 27.8. The van der Waals surface area contributed by atoms with E-state index in [1.807, 2.05) is 19.2 Å². The van der Waals surface area contributed by atoms with Crippen molar-refractivity contribution in [3.05, 3.63) is 82.7 Å². The predicted octanol–water partition coefficient (Wildman–Crippen LogP) is 5.46. The molecule has 0 saturated heterocycles. The molecule has 6 nitrogen and oxygen atoms in total. The van der Waals surface area contributed by atoms with E-state index < -0.39 is 10.0 Å². The molecule has 162 valence electrons. The Hall–Kier alpha value is -2.29. The molecule has 4 aromatic rings. The fourth-order valence-electron chi connectivity index (χ4n) is 3.23. The zero-order valence-electron chi connectivity index (χ0n) is 16.3. The van der Waals surface area contributed by atoms with Crippen molar-refractivity contribution in [2.45, 2.75) is 11.4 Å². The van der Waals surface area contributed by atoms with Gasteiger partial charge in [-0.1, -0.05) is 29.3 Å². The molecule has 2 N–H and O–H groups in total. The summed E-state index contributed by atoms with van der Waals surface area (Å²) in [5.41, 5.74) is 2.79. The average Bonchev–Trinajstić information content (AvgIpc) is 3.10. The number of anilines is 2. The monoisotopic (exact) mass is 496 g/mol. The zero-order chi connectivity index (χ0) is 21.3. The van der Waals surface area contributed by atoms with E-state index in [0.29, 0.717) is 33.5 Å². The molecule has 0 saturated carbocycles. The van der Waals surface area contributed by atoms with Gasteiger partial charge in [0.25, 0.3) is 10.0 Å². The van der Waals surface area contributed by atoms with Crippen molar-refractivity contribution in [2.75, 3.05) is 12.4 Å². The third kappa shape index (κ3) is 4.66. The Morgan fingerprint density at radius 2 is 1.90 bits per heavy atom. The van der Waals surface area contributed by atoms with Crippen LogP contribution >= 0.6 is 35.6 Å². The van der Waals surface area contributed by atoms with Gasteiger partial charge in [-0.15, -0.1) is 12.4 Å². The average molecular weight is 498 g/mol. The van der Waals surface area contributed by atoms with E-state index in [1.165, 1.54) is 22.4 Å². The molecule has 0 unspecified atom stereocenters. The second kappa shape index (κ2) is 9.46. The van der Waals surface area contributed by atoms with Crippen LogP contribution in [0, 0.1) is 0 Å². The number of hydrogen-bond acceptors (Lipinski definition) is 5. The lowest BCUT2D eigenvalue weighted by Crippen LogP contribution is -2.12. The minimum atomic E-state index is -3.81. The van der Waals surface area contributed by atoms with Crippen LogP contribution in [0.2, 0.25) is 10.0 Å². The van der Waals surface area contributed by atoms with Crippen molar-refractivity contribution in [3.63, 3.8) is 0 Å². The standard InChI is InChI=1S/C21H18Cl2N4O2S.ClH/c1-24-11-14-13-27(30(28,29)17-3-2-8-25-12-17)21-10-16(5-6-18(14)21)26-20-7-4-15(22)9-19(20)23;/h2-10,12-13,24,26H,11H2,1H3;1H. The second-order valence-corrected chi connectivity index (χ2v) is 9.31. The number of halogens is 3. The Kier molecular flexibility index (Phi) is 7.13. The molecular formula is C21H19Cl3N4O2S. The fourth-order valence-corrected chi connectivity index (χ4v) is 5.04. The van der Waals surface area contributed by atoms with Crippen LogP contribution in [-0.2, 0) is 16.6 Å². The van der Waals surface area contributed by atoms with Crippen molar-refractivity contribution >= 4 is 67.9 Å². The van der Waals surface area contributed by atoms with Gasteiger partial charge in [0.2, 0.25) is 0 Å². The van der Waals surface area contributed by atoms with Crippen molar-refractivity contribution < 1.29 is 8.42 Å². The number of benzene rings is 2. The molecule has 31 heavy (non-hydrogen) atoms. The lowest BCUT2D eigenvalue weighted by Gasteiger charge is -2.11. The van der Waals surface area contributed by atoms with E-state index in [1.54, 1.807) is 36.5 Å². The Morgan fingerprint density at radius 1 is 1.10 bits per heavy atom. The zero-order valence-corrected chi connectivity index (χ0v) is 19.5. The highest BCUT2D eigenvalue weighted by Crippen LogP contribution is 2.32. The van der Waals surface area contributed by atoms with Crippen LogP contribution in [0.3, 0.4) is 0 Å². The van der Waals surface area contributed by atoms with Gasteiger partial charge in [-0.2, -0.15) is 0 Å². The van der Waals surface area contributed by atoms with Gasteiger partial charge in [-0.25, -0.2) is 12.4 Å². The lowest BCUT2D eigenvalue weighted by molar-refractivity contribution is 0.588. The van der Waals surface area contributed by atoms with Crippen LogP contribution in [0.1, 0.15) is 5.56 Å². The fraction of sp³-hybridized carbons (Fsp3) is 0.0952. The second-order valence-electron chi connectivity index (χ2n) is 6.66. The summed E-state index contributed by atoms with van der Waals surface area (Å²) in [7, 11) is -1.99. The van der Waals surface area contributed by atoms with Crippen LogP contribution in [0.15, 0.2) is 72.0 Å². The van der Waals surface area contributed by atoms with Gasteiger partial charge < -0.3 is 10.6 Å². The molecule has 0 fully saturated rings. The molecule has 0 atom stereocenters. The summed E-state index contributed by atoms with van der Waals surface area (Å²) in [6.07, 6.45) is 4.52. The first kappa shape index (κ1) is 23.4. The third-order valence-electron chi connectivity index (χ3n) is 4.62. The first-order valence-electron chi connectivity index (χ1n) is 9.06. The smallest absolute Gasteiger partial charge is 0.269 e. The molecule has 0 bridgehead atoms. The van der Waals surface area contributed by atoms with Crippen LogP contribution in [-0.4, -0.2) is 24.4 Å². The van der Waals surface area contributed by atoms with Gasteiger partial charge >= 0.3 is 0 Å². The molecule has 0 aliphatic heterocycles. The number of aromatic nitrogens is 2. The van der Waals surface area contributed by atoms with Crippen LogP contribution in [0.4, 0.5) is 11.4 Å². The SMILES string of the molecule is CNCc1cn(S(=O)(=O)c2cccnc2)c2cc(Nc3ccc(Cl)cc3Cl)ccc12.Cl. The molecule has 0 radical (unpaired) electrons. The predicted molar refractivity (Wildman–Crippen MR) is 129 cm³/mol. The molecule has 2 aromatic heterocycles. The summed E-state index contributed by atoms with van der Waals surface area (Å²) in [6.45, 7) is 0.530. The molecule has 2 aromatic carbocycles.